The van der Waals surface area contributed by atoms with Gasteiger partial charge in [0, 0.05) is 36.2 Å². The molecular weight excluding hydrogens is 599 g/mol. The summed E-state index contributed by atoms with van der Waals surface area (Å²) in [6, 6.07) is 11.7. The molecule has 3 aromatic rings. The number of primary amides is 1. The zero-order valence-electron chi connectivity index (χ0n) is 23.1. The van der Waals surface area contributed by atoms with Crippen LogP contribution in [0.4, 0.5) is 24.5 Å². The maximum Gasteiger partial charge on any atom is 0.490 e. The van der Waals surface area contributed by atoms with Gasteiger partial charge < -0.3 is 26.5 Å². The van der Waals surface area contributed by atoms with Gasteiger partial charge >= 0.3 is 12.1 Å². The fourth-order valence-electron chi connectivity index (χ4n) is 3.93. The zero-order chi connectivity index (χ0) is 32.7. The number of nitrogens with one attached hydrogen (secondary N) is 4. The Kier molecular flexibility index (Phi) is 11.1. The number of amides is 1. The van der Waals surface area contributed by atoms with Crippen molar-refractivity contribution in [3.63, 3.8) is 0 Å². The summed E-state index contributed by atoms with van der Waals surface area (Å²) in [4.78, 5) is 43.5. The fourth-order valence-corrected chi connectivity index (χ4v) is 5.24. The molecule has 2 aromatic carbocycles. The Bertz CT molecular complexity index is 1680. The number of aromatic amines is 1. The number of hydrogen-bond donors (Lipinski definition) is 7. The summed E-state index contributed by atoms with van der Waals surface area (Å²) in [5, 5.41) is 15.4. The lowest BCUT2D eigenvalue weighted by Gasteiger charge is -2.20. The maximum absolute atomic E-state index is 13.5. The first-order valence-electron chi connectivity index (χ1n) is 12.1. The van der Waals surface area contributed by atoms with Crippen LogP contribution in [0.5, 0.6) is 0 Å². The fraction of sp³-hybridized carbons (Fsp3) is 0.280. The summed E-state index contributed by atoms with van der Waals surface area (Å²) in [6.07, 6.45) is -5.09. The molecule has 0 radical (unpaired) electrons. The van der Waals surface area contributed by atoms with Crippen LogP contribution in [-0.4, -0.2) is 63.2 Å². The quantitative estimate of drug-likeness (QED) is 0.0742. The van der Waals surface area contributed by atoms with E-state index < -0.39 is 45.5 Å². The molecule has 1 unspecified atom stereocenters. The molecular formula is C25H30F3N7O7S. The molecule has 0 fully saturated rings. The molecule has 14 nitrogen and oxygen atoms in total. The standard InChI is InChI=1S/C23H29N7O5S.C2HF3O2/c1-13-12-17(16(21(24)31)10-11-35-28-23(25)26)20(22(32)27-13)29-36(33,34)19-9-5-6-14-15(19)7-4-8-18(14)30(2)3;3-2(4,5)1(6)7/h4-9,12,16,29H,10-11H2,1-3H3,(H2,24,31)(H,27,32)(H4,25,26,28);(H,6,7). The summed E-state index contributed by atoms with van der Waals surface area (Å²) in [5.74, 6) is -5.04. The number of anilines is 2. The van der Waals surface area contributed by atoms with E-state index in [1.807, 2.05) is 31.1 Å². The summed E-state index contributed by atoms with van der Waals surface area (Å²) in [7, 11) is -0.559. The number of hydroxylamine groups is 1. The van der Waals surface area contributed by atoms with E-state index in [0.717, 1.165) is 5.69 Å². The minimum absolute atomic E-state index is 0.00625. The SMILES string of the molecule is Cc1cc(C(CCONC(=N)N)C(N)=O)c(NS(=O)(=O)c2cccc3c(N(C)C)cccc23)c(=O)[nH]1.O=C(O)C(F)(F)F. The number of fused-ring (bicyclic) bond motifs is 1. The van der Waals surface area contributed by atoms with E-state index >= 15 is 0 Å². The van der Waals surface area contributed by atoms with Gasteiger partial charge in [-0.25, -0.2) is 18.7 Å². The van der Waals surface area contributed by atoms with Gasteiger partial charge in [0.25, 0.3) is 15.6 Å². The van der Waals surface area contributed by atoms with Crippen molar-refractivity contribution < 1.29 is 41.1 Å². The molecule has 234 valence electrons. The van der Waals surface area contributed by atoms with Crippen LogP contribution in [0.3, 0.4) is 0 Å². The molecule has 43 heavy (non-hydrogen) atoms. The summed E-state index contributed by atoms with van der Waals surface area (Å²) in [5.41, 5.74) is 13.2. The number of benzene rings is 2. The van der Waals surface area contributed by atoms with Gasteiger partial charge in [0.2, 0.25) is 11.9 Å². The lowest BCUT2D eigenvalue weighted by Crippen LogP contribution is -2.32. The molecule has 1 atom stereocenters. The van der Waals surface area contributed by atoms with Crippen LogP contribution in [0, 0.1) is 12.3 Å². The number of aryl methyl sites for hydroxylation is 1. The van der Waals surface area contributed by atoms with Crippen LogP contribution < -0.4 is 32.1 Å². The third-order valence-corrected chi connectivity index (χ3v) is 7.13. The van der Waals surface area contributed by atoms with Gasteiger partial charge in [-0.1, -0.05) is 24.3 Å². The third-order valence-electron chi connectivity index (χ3n) is 5.72. The zero-order valence-corrected chi connectivity index (χ0v) is 23.9. The summed E-state index contributed by atoms with van der Waals surface area (Å²) in [6.45, 7) is 1.50. The first-order valence-corrected chi connectivity index (χ1v) is 13.6. The van der Waals surface area contributed by atoms with E-state index in [2.05, 4.69) is 15.2 Å². The highest BCUT2D eigenvalue weighted by atomic mass is 32.2. The van der Waals surface area contributed by atoms with Gasteiger partial charge in [0.15, 0.2) is 0 Å². The molecule has 0 aliphatic heterocycles. The number of carbonyl (C=O) groups is 2. The van der Waals surface area contributed by atoms with Crippen molar-refractivity contribution in [2.45, 2.75) is 30.3 Å². The number of alkyl halides is 3. The van der Waals surface area contributed by atoms with Crippen LogP contribution in [0.1, 0.15) is 23.6 Å². The van der Waals surface area contributed by atoms with Gasteiger partial charge in [-0.3, -0.25) is 24.6 Å². The van der Waals surface area contributed by atoms with Crippen LogP contribution >= 0.6 is 0 Å². The number of rotatable bonds is 10. The first kappa shape index (κ1) is 34.4. The first-order chi connectivity index (χ1) is 19.9. The average Bonchev–Trinajstić information content (AvgIpc) is 2.88. The van der Waals surface area contributed by atoms with E-state index in [0.29, 0.717) is 16.5 Å². The van der Waals surface area contributed by atoms with Crippen molar-refractivity contribution in [1.29, 1.82) is 5.41 Å². The number of aliphatic carboxylic acids is 1. The largest absolute Gasteiger partial charge is 0.490 e. The number of carboxylic acids is 1. The molecule has 3 rings (SSSR count). The minimum atomic E-state index is -5.08. The third kappa shape index (κ3) is 9.07. The number of sulfonamides is 1. The Morgan fingerprint density at radius 2 is 1.72 bits per heavy atom. The number of hydrogen-bond acceptors (Lipinski definition) is 8. The van der Waals surface area contributed by atoms with Gasteiger partial charge in [0.1, 0.15) is 5.69 Å². The second-order valence-corrected chi connectivity index (χ2v) is 10.8. The number of guanidine groups is 1. The number of aromatic nitrogens is 1. The lowest BCUT2D eigenvalue weighted by molar-refractivity contribution is -0.192. The Morgan fingerprint density at radius 3 is 2.26 bits per heavy atom. The molecule has 0 saturated heterocycles. The van der Waals surface area contributed by atoms with Crippen LogP contribution in [0.25, 0.3) is 10.8 Å². The van der Waals surface area contributed by atoms with E-state index in [4.69, 9.17) is 31.6 Å². The van der Waals surface area contributed by atoms with Crippen molar-refractivity contribution in [3.05, 3.63) is 64.1 Å². The second-order valence-electron chi connectivity index (χ2n) is 9.15. The highest BCUT2D eigenvalue weighted by Crippen LogP contribution is 2.32. The number of carboxylic acid groups (broad SMARTS) is 1. The lowest BCUT2D eigenvalue weighted by atomic mass is 9.94. The maximum atomic E-state index is 13.5. The second kappa shape index (κ2) is 13.9. The van der Waals surface area contributed by atoms with Gasteiger partial charge in [-0.2, -0.15) is 13.2 Å². The molecule has 9 N–H and O–H groups in total. The van der Waals surface area contributed by atoms with Crippen molar-refractivity contribution >= 4 is 50.0 Å². The molecule has 18 heteroatoms. The highest BCUT2D eigenvalue weighted by Gasteiger charge is 2.38. The average molecular weight is 630 g/mol. The molecule has 1 aromatic heterocycles. The predicted molar refractivity (Wildman–Crippen MR) is 152 cm³/mol. The van der Waals surface area contributed by atoms with Crippen molar-refractivity contribution in [2.75, 3.05) is 30.3 Å². The van der Waals surface area contributed by atoms with Gasteiger partial charge in [0.05, 0.1) is 17.4 Å². The normalized spacial score (nSPS) is 12.0. The summed E-state index contributed by atoms with van der Waals surface area (Å²) >= 11 is 0. The monoisotopic (exact) mass is 629 g/mol. The van der Waals surface area contributed by atoms with Gasteiger partial charge in [-0.05, 0) is 37.1 Å². The Hall–Kier alpha value is -4.84. The van der Waals surface area contributed by atoms with Crippen molar-refractivity contribution in [2.24, 2.45) is 11.5 Å². The van der Waals surface area contributed by atoms with E-state index in [1.165, 1.54) is 12.1 Å². The minimum Gasteiger partial charge on any atom is -0.475 e. The van der Waals surface area contributed by atoms with Crippen LogP contribution in [-0.2, 0) is 24.4 Å². The molecule has 0 aliphatic carbocycles. The number of carbonyl (C=O) groups excluding carboxylic acids is 1. The Labute approximate surface area is 243 Å². The molecule has 1 amide bonds. The number of halogens is 3. The molecule has 1 heterocycles. The Balaban J connectivity index is 0.000000821. The topological polar surface area (TPSA) is 234 Å². The number of pyridine rings is 1. The molecule has 0 aliphatic rings. The Morgan fingerprint density at radius 1 is 1.14 bits per heavy atom. The van der Waals surface area contributed by atoms with Crippen molar-refractivity contribution in [3.8, 4) is 0 Å². The van der Waals surface area contributed by atoms with Gasteiger partial charge in [-0.15, -0.1) is 0 Å². The van der Waals surface area contributed by atoms with E-state index in [9.17, 15) is 31.2 Å². The van der Waals surface area contributed by atoms with Crippen LogP contribution in [0.2, 0.25) is 0 Å². The number of H-pyrrole nitrogens is 1. The van der Waals surface area contributed by atoms with E-state index in [-0.39, 0.29) is 29.2 Å². The van der Waals surface area contributed by atoms with Crippen LogP contribution in [0.15, 0.2) is 52.2 Å². The predicted octanol–water partition coefficient (Wildman–Crippen LogP) is 1.71. The molecule has 0 saturated carbocycles. The molecule has 0 bridgehead atoms. The number of nitrogens with two attached hydrogens (primary N) is 2. The summed E-state index contributed by atoms with van der Waals surface area (Å²) < 4.78 is 61.2. The van der Waals surface area contributed by atoms with E-state index in [1.54, 1.807) is 25.1 Å². The smallest absolute Gasteiger partial charge is 0.475 e. The molecule has 0 spiro atoms. The number of nitrogens with zero attached hydrogens (tertiary/aromatic N) is 1. The highest BCUT2D eigenvalue weighted by molar-refractivity contribution is 7.93. The van der Waals surface area contributed by atoms with Crippen molar-refractivity contribution in [1.82, 2.24) is 10.5 Å².